The Labute approximate surface area is 84.6 Å². The first-order valence-corrected chi connectivity index (χ1v) is 5.36. The van der Waals surface area contributed by atoms with E-state index in [1.54, 1.807) is 0 Å². The van der Waals surface area contributed by atoms with Crippen molar-refractivity contribution in [2.45, 2.75) is 44.9 Å². The number of hydrogen-bond acceptors (Lipinski definition) is 2. The van der Waals surface area contributed by atoms with Gasteiger partial charge in [-0.2, -0.15) is 0 Å². The minimum Gasteiger partial charge on any atom is -0.371 e. The van der Waals surface area contributed by atoms with E-state index < -0.39 is 0 Å². The molecular weight excluding hydrogens is 180 g/mol. The first-order valence-electron chi connectivity index (χ1n) is 5.36. The molecule has 2 heterocycles. The average molecular weight is 198 g/mol. The molecule has 0 aromatic rings. The predicted molar refractivity (Wildman–Crippen MR) is 53.1 cm³/mol. The molecule has 2 saturated heterocycles. The van der Waals surface area contributed by atoms with E-state index in [9.17, 15) is 4.79 Å². The van der Waals surface area contributed by atoms with Gasteiger partial charge in [-0.15, -0.1) is 0 Å². The van der Waals surface area contributed by atoms with Gasteiger partial charge in [-0.05, 0) is 26.7 Å². The van der Waals surface area contributed by atoms with Crippen LogP contribution in [0, 0.1) is 0 Å². The maximum atomic E-state index is 11.7. The number of nitrogens with zero attached hydrogens (tertiary/aromatic N) is 1. The zero-order valence-electron chi connectivity index (χ0n) is 8.82. The summed E-state index contributed by atoms with van der Waals surface area (Å²) in [5.74, 6) is 0. The second-order valence-electron chi connectivity index (χ2n) is 4.47. The Kier molecular flexibility index (Phi) is 2.63. The van der Waals surface area contributed by atoms with E-state index in [2.05, 4.69) is 5.32 Å². The van der Waals surface area contributed by atoms with Gasteiger partial charge in [0.1, 0.15) is 0 Å². The highest BCUT2D eigenvalue weighted by atomic mass is 16.5. The Hall–Kier alpha value is -0.770. The number of morpholine rings is 1. The van der Waals surface area contributed by atoms with Crippen LogP contribution in [-0.2, 0) is 4.74 Å². The maximum Gasteiger partial charge on any atom is 0.317 e. The summed E-state index contributed by atoms with van der Waals surface area (Å²) in [4.78, 5) is 13.6. The van der Waals surface area contributed by atoms with Gasteiger partial charge in [0.05, 0.1) is 12.2 Å². The molecule has 4 heteroatoms. The molecule has 0 spiro atoms. The minimum absolute atomic E-state index is 0.0557. The van der Waals surface area contributed by atoms with E-state index in [0.29, 0.717) is 0 Å². The number of fused-ring (bicyclic) bond motifs is 2. The fourth-order valence-electron chi connectivity index (χ4n) is 2.12. The molecule has 2 bridgehead atoms. The van der Waals surface area contributed by atoms with Crippen molar-refractivity contribution in [2.24, 2.45) is 0 Å². The molecule has 0 aromatic carbocycles. The first kappa shape index (κ1) is 9.77. The molecule has 0 saturated carbocycles. The lowest BCUT2D eigenvalue weighted by Crippen LogP contribution is -2.51. The van der Waals surface area contributed by atoms with Gasteiger partial charge in [0, 0.05) is 19.1 Å². The summed E-state index contributed by atoms with van der Waals surface area (Å²) >= 11 is 0. The zero-order valence-corrected chi connectivity index (χ0v) is 8.82. The molecule has 1 N–H and O–H groups in total. The second-order valence-corrected chi connectivity index (χ2v) is 4.47. The number of rotatable bonds is 1. The third-order valence-corrected chi connectivity index (χ3v) is 2.74. The summed E-state index contributed by atoms with van der Waals surface area (Å²) in [7, 11) is 0. The van der Waals surface area contributed by atoms with Crippen molar-refractivity contribution in [1.29, 1.82) is 0 Å². The Bertz CT molecular complexity index is 218. The fourth-order valence-corrected chi connectivity index (χ4v) is 2.12. The first-order chi connectivity index (χ1) is 6.65. The summed E-state index contributed by atoms with van der Waals surface area (Å²) in [5, 5.41) is 2.91. The molecule has 0 radical (unpaired) electrons. The van der Waals surface area contributed by atoms with Gasteiger partial charge in [0.15, 0.2) is 0 Å². The highest BCUT2D eigenvalue weighted by Gasteiger charge is 2.35. The third-order valence-electron chi connectivity index (χ3n) is 2.74. The van der Waals surface area contributed by atoms with Crippen molar-refractivity contribution in [3.8, 4) is 0 Å². The average Bonchev–Trinajstić information content (AvgIpc) is 2.44. The quantitative estimate of drug-likeness (QED) is 0.682. The Morgan fingerprint density at radius 3 is 2.43 bits per heavy atom. The standard InChI is InChI=1S/C10H18N2O2/c1-7(2)11-10(13)12-5-8-3-4-9(6-12)14-8/h7-9H,3-6H2,1-2H3,(H,11,13). The monoisotopic (exact) mass is 198 g/mol. The van der Waals surface area contributed by atoms with Crippen LogP contribution in [0.2, 0.25) is 0 Å². The molecule has 2 aliphatic heterocycles. The van der Waals surface area contributed by atoms with Gasteiger partial charge in [-0.25, -0.2) is 4.79 Å². The largest absolute Gasteiger partial charge is 0.371 e. The Balaban J connectivity index is 1.89. The molecule has 2 aliphatic rings. The molecule has 2 rings (SSSR count). The van der Waals surface area contributed by atoms with Crippen LogP contribution in [0.1, 0.15) is 26.7 Å². The van der Waals surface area contributed by atoms with E-state index in [0.717, 1.165) is 25.9 Å². The van der Waals surface area contributed by atoms with Crippen LogP contribution in [0.15, 0.2) is 0 Å². The third kappa shape index (κ3) is 2.00. The van der Waals surface area contributed by atoms with E-state index in [1.807, 2.05) is 18.7 Å². The molecule has 4 nitrogen and oxygen atoms in total. The van der Waals surface area contributed by atoms with Crippen LogP contribution in [0.3, 0.4) is 0 Å². The molecule has 2 atom stereocenters. The number of hydrogen-bond donors (Lipinski definition) is 1. The van der Waals surface area contributed by atoms with E-state index in [-0.39, 0.29) is 24.3 Å². The summed E-state index contributed by atoms with van der Waals surface area (Å²) in [6, 6.07) is 0.267. The number of nitrogens with one attached hydrogen (secondary N) is 1. The van der Waals surface area contributed by atoms with Gasteiger partial charge in [0.25, 0.3) is 0 Å². The van der Waals surface area contributed by atoms with Crippen molar-refractivity contribution >= 4 is 6.03 Å². The Morgan fingerprint density at radius 2 is 1.93 bits per heavy atom. The topological polar surface area (TPSA) is 41.6 Å². The van der Waals surface area contributed by atoms with E-state index >= 15 is 0 Å². The van der Waals surface area contributed by atoms with Crippen LogP contribution in [0.4, 0.5) is 4.79 Å². The summed E-state index contributed by atoms with van der Waals surface area (Å²) in [5.41, 5.74) is 0. The Morgan fingerprint density at radius 1 is 1.36 bits per heavy atom. The van der Waals surface area contributed by atoms with Crippen LogP contribution in [0.25, 0.3) is 0 Å². The van der Waals surface area contributed by atoms with Gasteiger partial charge in [0.2, 0.25) is 0 Å². The lowest BCUT2D eigenvalue weighted by atomic mass is 10.2. The van der Waals surface area contributed by atoms with Crippen LogP contribution in [-0.4, -0.2) is 42.3 Å². The van der Waals surface area contributed by atoms with Crippen molar-refractivity contribution in [2.75, 3.05) is 13.1 Å². The van der Waals surface area contributed by atoms with Crippen molar-refractivity contribution in [1.82, 2.24) is 10.2 Å². The summed E-state index contributed by atoms with van der Waals surface area (Å²) in [6.45, 7) is 5.48. The normalized spacial score (nSPS) is 30.9. The highest BCUT2D eigenvalue weighted by Crippen LogP contribution is 2.26. The van der Waals surface area contributed by atoms with Crippen molar-refractivity contribution in [3.63, 3.8) is 0 Å². The second kappa shape index (κ2) is 3.77. The number of likely N-dealkylation sites (tertiary alicyclic amines) is 1. The maximum absolute atomic E-state index is 11.7. The number of urea groups is 1. The van der Waals surface area contributed by atoms with Crippen molar-refractivity contribution in [3.05, 3.63) is 0 Å². The fraction of sp³-hybridized carbons (Fsp3) is 0.900. The molecule has 2 amide bonds. The zero-order chi connectivity index (χ0) is 10.1. The number of amides is 2. The SMILES string of the molecule is CC(C)NC(=O)N1CC2CCC(C1)O2. The van der Waals surface area contributed by atoms with Gasteiger partial charge in [-0.3, -0.25) is 0 Å². The molecule has 14 heavy (non-hydrogen) atoms. The summed E-state index contributed by atoms with van der Waals surface area (Å²) < 4.78 is 5.66. The minimum atomic E-state index is 0.0557. The van der Waals surface area contributed by atoms with Gasteiger partial charge < -0.3 is 15.0 Å². The molecule has 2 unspecified atom stereocenters. The van der Waals surface area contributed by atoms with E-state index in [4.69, 9.17) is 4.74 Å². The summed E-state index contributed by atoms with van der Waals surface area (Å²) in [6.07, 6.45) is 2.78. The molecule has 0 aliphatic carbocycles. The predicted octanol–water partition coefficient (Wildman–Crippen LogP) is 0.968. The van der Waals surface area contributed by atoms with Gasteiger partial charge >= 0.3 is 6.03 Å². The molecule has 0 aromatic heterocycles. The van der Waals surface area contributed by atoms with Crippen LogP contribution >= 0.6 is 0 Å². The van der Waals surface area contributed by atoms with Gasteiger partial charge in [-0.1, -0.05) is 0 Å². The smallest absolute Gasteiger partial charge is 0.317 e. The molecule has 80 valence electrons. The number of carbonyl (C=O) groups excluding carboxylic acids is 1. The highest BCUT2D eigenvalue weighted by molar-refractivity contribution is 5.74. The number of ether oxygens (including phenoxy) is 1. The number of carbonyl (C=O) groups is 1. The molecular formula is C10H18N2O2. The van der Waals surface area contributed by atoms with E-state index in [1.165, 1.54) is 0 Å². The van der Waals surface area contributed by atoms with Crippen LogP contribution in [0.5, 0.6) is 0 Å². The lowest BCUT2D eigenvalue weighted by molar-refractivity contribution is -0.0240. The lowest BCUT2D eigenvalue weighted by Gasteiger charge is -2.32. The van der Waals surface area contributed by atoms with Crippen molar-refractivity contribution < 1.29 is 9.53 Å². The van der Waals surface area contributed by atoms with Crippen LogP contribution < -0.4 is 5.32 Å². The molecule has 2 fully saturated rings.